The molecule has 3 atom stereocenters. The zero-order valence-electron chi connectivity index (χ0n) is 21.2. The van der Waals surface area contributed by atoms with E-state index >= 15 is 0 Å². The Labute approximate surface area is 206 Å². The predicted octanol–water partition coefficient (Wildman–Crippen LogP) is 7.98. The largest absolute Gasteiger partial charge is 0.386 e. The molecule has 0 bridgehead atoms. The van der Waals surface area contributed by atoms with Crippen LogP contribution in [-0.2, 0) is 0 Å². The standard InChI is InChI=1S/C26H48N4S2/c1-20(2)9-6-10-21(3)11-7-12-22(4)13-8-14-23(5)15-17-31-19-24(25(27)28)30-26-29-16-18-32-26/h15-16,18,20-22,24H,6-14,17,19H2,1-5H3,(H3,27,28)(H,29,30)/b23-15+. The number of hydrogen-bond donors (Lipinski definition) is 3. The third-order valence-corrected chi connectivity index (χ3v) is 7.76. The van der Waals surface area contributed by atoms with E-state index in [0.717, 1.165) is 34.4 Å². The molecule has 0 radical (unpaired) electrons. The van der Waals surface area contributed by atoms with E-state index in [2.05, 4.69) is 51.0 Å². The number of hydrogen-bond acceptors (Lipinski definition) is 5. The first kappa shape index (κ1) is 29.0. The lowest BCUT2D eigenvalue weighted by molar-refractivity contribution is 0.389. The van der Waals surface area contributed by atoms with Crippen molar-refractivity contribution in [2.45, 2.75) is 98.4 Å². The summed E-state index contributed by atoms with van der Waals surface area (Å²) in [5.74, 6) is 4.51. The number of amidine groups is 1. The van der Waals surface area contributed by atoms with Crippen molar-refractivity contribution in [1.29, 1.82) is 5.41 Å². The third kappa shape index (κ3) is 14.9. The van der Waals surface area contributed by atoms with Gasteiger partial charge in [-0.1, -0.05) is 84.3 Å². The van der Waals surface area contributed by atoms with Crippen LogP contribution >= 0.6 is 23.1 Å². The molecule has 0 amide bonds. The van der Waals surface area contributed by atoms with Crippen LogP contribution in [0.15, 0.2) is 23.2 Å². The molecule has 1 aromatic rings. The molecule has 4 nitrogen and oxygen atoms in total. The van der Waals surface area contributed by atoms with Crippen LogP contribution < -0.4 is 11.1 Å². The summed E-state index contributed by atoms with van der Waals surface area (Å²) in [5.41, 5.74) is 7.22. The van der Waals surface area contributed by atoms with E-state index in [4.69, 9.17) is 11.1 Å². The van der Waals surface area contributed by atoms with Gasteiger partial charge < -0.3 is 11.1 Å². The summed E-state index contributed by atoms with van der Waals surface area (Å²) in [4.78, 5) is 4.22. The summed E-state index contributed by atoms with van der Waals surface area (Å²) in [6, 6.07) is -0.154. The topological polar surface area (TPSA) is 74.8 Å². The number of nitrogens with one attached hydrogen (secondary N) is 2. The second-order valence-electron chi connectivity index (χ2n) is 9.94. The van der Waals surface area contributed by atoms with Gasteiger partial charge in [-0.15, -0.1) is 11.3 Å². The van der Waals surface area contributed by atoms with E-state index in [1.54, 1.807) is 6.20 Å². The summed E-state index contributed by atoms with van der Waals surface area (Å²) in [6.07, 6.45) is 16.3. The summed E-state index contributed by atoms with van der Waals surface area (Å²) in [6.45, 7) is 11.8. The zero-order valence-corrected chi connectivity index (χ0v) is 22.8. The van der Waals surface area contributed by atoms with Gasteiger partial charge in [-0.3, -0.25) is 5.41 Å². The summed E-state index contributed by atoms with van der Waals surface area (Å²) in [7, 11) is 0. The molecular formula is C26H48N4S2. The van der Waals surface area contributed by atoms with Gasteiger partial charge in [-0.25, -0.2) is 4.98 Å². The number of nitrogens with zero attached hydrogens (tertiary/aromatic N) is 1. The zero-order chi connectivity index (χ0) is 23.8. The Balaban J connectivity index is 2.10. The number of thioether (sulfide) groups is 1. The van der Waals surface area contributed by atoms with Crippen molar-refractivity contribution in [3.05, 3.63) is 23.2 Å². The summed E-state index contributed by atoms with van der Waals surface area (Å²) < 4.78 is 0. The summed E-state index contributed by atoms with van der Waals surface area (Å²) >= 11 is 3.36. The monoisotopic (exact) mass is 480 g/mol. The van der Waals surface area contributed by atoms with Gasteiger partial charge >= 0.3 is 0 Å². The molecule has 0 aliphatic heterocycles. The molecule has 0 aliphatic carbocycles. The second kappa shape index (κ2) is 17.5. The van der Waals surface area contributed by atoms with Gasteiger partial charge in [0.1, 0.15) is 5.84 Å². The predicted molar refractivity (Wildman–Crippen MR) is 147 cm³/mol. The molecule has 0 fully saturated rings. The molecule has 3 unspecified atom stereocenters. The Morgan fingerprint density at radius 3 is 2.28 bits per heavy atom. The number of rotatable bonds is 19. The van der Waals surface area contributed by atoms with Crippen molar-refractivity contribution in [2.24, 2.45) is 23.5 Å². The fraction of sp³-hybridized carbons (Fsp3) is 0.769. The van der Waals surface area contributed by atoms with E-state index < -0.39 is 0 Å². The van der Waals surface area contributed by atoms with Crippen molar-refractivity contribution in [2.75, 3.05) is 16.8 Å². The number of nitrogens with two attached hydrogens (primary N) is 1. The van der Waals surface area contributed by atoms with Crippen LogP contribution in [-0.4, -0.2) is 28.4 Å². The van der Waals surface area contributed by atoms with Gasteiger partial charge in [-0.05, 0) is 37.5 Å². The first-order chi connectivity index (χ1) is 15.3. The maximum atomic E-state index is 7.78. The molecule has 184 valence electrons. The van der Waals surface area contributed by atoms with E-state index in [1.807, 2.05) is 17.1 Å². The van der Waals surface area contributed by atoms with Gasteiger partial charge in [0.05, 0.1) is 6.04 Å². The quantitative estimate of drug-likeness (QED) is 0.0812. The number of allylic oxidation sites excluding steroid dienone is 1. The smallest absolute Gasteiger partial charge is 0.183 e. The Morgan fingerprint density at radius 1 is 1.09 bits per heavy atom. The van der Waals surface area contributed by atoms with Crippen molar-refractivity contribution in [3.63, 3.8) is 0 Å². The van der Waals surface area contributed by atoms with Crippen LogP contribution in [0.3, 0.4) is 0 Å². The van der Waals surface area contributed by atoms with E-state index in [1.165, 1.54) is 74.7 Å². The fourth-order valence-electron chi connectivity index (χ4n) is 3.85. The lowest BCUT2D eigenvalue weighted by atomic mass is 9.91. The third-order valence-electron chi connectivity index (χ3n) is 6.08. The Kier molecular flexibility index (Phi) is 15.8. The average Bonchev–Trinajstić information content (AvgIpc) is 3.23. The molecule has 32 heavy (non-hydrogen) atoms. The van der Waals surface area contributed by atoms with Gasteiger partial charge in [0.15, 0.2) is 5.13 Å². The normalized spacial score (nSPS) is 15.0. The highest BCUT2D eigenvalue weighted by atomic mass is 32.2. The highest BCUT2D eigenvalue weighted by Crippen LogP contribution is 2.22. The van der Waals surface area contributed by atoms with Crippen LogP contribution in [0, 0.1) is 23.2 Å². The van der Waals surface area contributed by atoms with E-state index in [0.29, 0.717) is 0 Å². The van der Waals surface area contributed by atoms with Crippen molar-refractivity contribution < 1.29 is 0 Å². The molecule has 0 spiro atoms. The first-order valence-electron chi connectivity index (χ1n) is 12.5. The highest BCUT2D eigenvalue weighted by Gasteiger charge is 2.13. The maximum absolute atomic E-state index is 7.78. The Hall–Kier alpha value is -1.01. The van der Waals surface area contributed by atoms with Gasteiger partial charge in [0, 0.05) is 23.1 Å². The maximum Gasteiger partial charge on any atom is 0.183 e. The van der Waals surface area contributed by atoms with Crippen LogP contribution in [0.4, 0.5) is 5.13 Å². The minimum atomic E-state index is -0.154. The lowest BCUT2D eigenvalue weighted by Crippen LogP contribution is -2.37. The molecule has 0 aliphatic rings. The van der Waals surface area contributed by atoms with Gasteiger partial charge in [-0.2, -0.15) is 11.8 Å². The Morgan fingerprint density at radius 2 is 1.72 bits per heavy atom. The summed E-state index contributed by atoms with van der Waals surface area (Å²) in [5, 5.41) is 13.8. The van der Waals surface area contributed by atoms with Crippen molar-refractivity contribution in [3.8, 4) is 0 Å². The number of aromatic nitrogens is 1. The molecule has 1 rings (SSSR count). The molecule has 0 saturated heterocycles. The molecule has 6 heteroatoms. The first-order valence-corrected chi connectivity index (χ1v) is 14.5. The Bertz CT molecular complexity index is 628. The highest BCUT2D eigenvalue weighted by molar-refractivity contribution is 7.99. The van der Waals surface area contributed by atoms with Gasteiger partial charge in [0.25, 0.3) is 0 Å². The van der Waals surface area contributed by atoms with Crippen LogP contribution in [0.1, 0.15) is 92.4 Å². The molecule has 1 heterocycles. The van der Waals surface area contributed by atoms with Crippen molar-refractivity contribution >= 4 is 34.1 Å². The van der Waals surface area contributed by atoms with Crippen LogP contribution in [0.2, 0.25) is 0 Å². The minimum absolute atomic E-state index is 0.154. The van der Waals surface area contributed by atoms with Crippen molar-refractivity contribution in [1.82, 2.24) is 4.98 Å². The molecule has 0 saturated carbocycles. The van der Waals surface area contributed by atoms with E-state index in [9.17, 15) is 0 Å². The second-order valence-corrected chi connectivity index (χ2v) is 11.9. The molecule has 1 aromatic heterocycles. The molecular weight excluding hydrogens is 432 g/mol. The molecule has 0 aromatic carbocycles. The minimum Gasteiger partial charge on any atom is -0.386 e. The van der Waals surface area contributed by atoms with Crippen LogP contribution in [0.5, 0.6) is 0 Å². The number of anilines is 1. The number of thiazole rings is 1. The van der Waals surface area contributed by atoms with E-state index in [-0.39, 0.29) is 11.9 Å². The van der Waals surface area contributed by atoms with Gasteiger partial charge in [0.2, 0.25) is 0 Å². The SMILES string of the molecule is C/C(=C\CSCC(Nc1nccs1)C(=N)N)CCCC(C)CCCC(C)CCCC(C)C. The van der Waals surface area contributed by atoms with Crippen LogP contribution in [0.25, 0.3) is 0 Å². The average molecular weight is 481 g/mol. The fourth-order valence-corrected chi connectivity index (χ4v) is 5.47. The molecule has 4 N–H and O–H groups in total. The lowest BCUT2D eigenvalue weighted by Gasteiger charge is -2.16.